The van der Waals surface area contributed by atoms with Crippen LogP contribution in [0.25, 0.3) is 0 Å². The van der Waals surface area contributed by atoms with Crippen molar-refractivity contribution in [2.45, 2.75) is 20.3 Å². The van der Waals surface area contributed by atoms with Crippen molar-refractivity contribution in [1.82, 2.24) is 4.98 Å². The Hall–Kier alpha value is -2.36. The summed E-state index contributed by atoms with van der Waals surface area (Å²) in [6, 6.07) is 10.8. The van der Waals surface area contributed by atoms with Crippen molar-refractivity contribution in [2.75, 3.05) is 6.61 Å². The molecule has 0 saturated heterocycles. The number of carbonyl (C=O) groups is 1. The Bertz CT molecular complexity index is 579. The molecule has 0 amide bonds. The number of ketones is 1. The molecule has 0 spiro atoms. The molecule has 0 fully saturated rings. The summed E-state index contributed by atoms with van der Waals surface area (Å²) in [5, 5.41) is 0. The molecule has 0 bridgehead atoms. The van der Waals surface area contributed by atoms with Gasteiger partial charge in [0.05, 0.1) is 12.8 Å². The van der Waals surface area contributed by atoms with Gasteiger partial charge < -0.3 is 9.47 Å². The highest BCUT2D eigenvalue weighted by Gasteiger charge is 2.07. The number of ether oxygens (including phenoxy) is 2. The van der Waals surface area contributed by atoms with E-state index in [4.69, 9.17) is 9.47 Å². The van der Waals surface area contributed by atoms with Crippen molar-refractivity contribution in [2.24, 2.45) is 0 Å². The van der Waals surface area contributed by atoms with Crippen LogP contribution in [0.3, 0.4) is 0 Å². The van der Waals surface area contributed by atoms with Crippen LogP contribution in [0.2, 0.25) is 0 Å². The molecule has 104 valence electrons. The topological polar surface area (TPSA) is 48.4 Å². The predicted molar refractivity (Wildman–Crippen MR) is 76.5 cm³/mol. The largest absolute Gasteiger partial charge is 0.490 e. The van der Waals surface area contributed by atoms with Crippen molar-refractivity contribution in [3.8, 4) is 17.2 Å². The number of rotatable bonds is 6. The van der Waals surface area contributed by atoms with Crippen molar-refractivity contribution in [1.29, 1.82) is 0 Å². The van der Waals surface area contributed by atoms with Crippen LogP contribution in [0.4, 0.5) is 0 Å². The summed E-state index contributed by atoms with van der Waals surface area (Å²) >= 11 is 0. The molecule has 0 aliphatic heterocycles. The van der Waals surface area contributed by atoms with E-state index in [-0.39, 0.29) is 5.78 Å². The second kappa shape index (κ2) is 6.70. The third-order valence-corrected chi connectivity index (χ3v) is 2.72. The van der Waals surface area contributed by atoms with E-state index in [0.29, 0.717) is 36.0 Å². The normalized spacial score (nSPS) is 10.1. The van der Waals surface area contributed by atoms with Crippen molar-refractivity contribution >= 4 is 5.78 Å². The van der Waals surface area contributed by atoms with Gasteiger partial charge in [-0.1, -0.05) is 19.1 Å². The lowest BCUT2D eigenvalue weighted by Crippen LogP contribution is -2.00. The Morgan fingerprint density at radius 1 is 1.10 bits per heavy atom. The van der Waals surface area contributed by atoms with Crippen LogP contribution in [0, 0.1) is 0 Å². The highest BCUT2D eigenvalue weighted by Crippen LogP contribution is 2.30. The van der Waals surface area contributed by atoms with Crippen LogP contribution in [0.5, 0.6) is 17.2 Å². The average molecular weight is 271 g/mol. The van der Waals surface area contributed by atoms with Gasteiger partial charge in [0.25, 0.3) is 0 Å². The Kier molecular flexibility index (Phi) is 4.71. The Morgan fingerprint density at radius 2 is 1.85 bits per heavy atom. The maximum Gasteiger partial charge on any atom is 0.180 e. The van der Waals surface area contributed by atoms with E-state index >= 15 is 0 Å². The summed E-state index contributed by atoms with van der Waals surface area (Å²) in [6.45, 7) is 4.30. The number of Topliss-reactive ketones (excluding diaryl/α,β-unsaturated/α-hetero) is 1. The minimum Gasteiger partial charge on any atom is -0.490 e. The lowest BCUT2D eigenvalue weighted by atomic mass is 10.2. The Morgan fingerprint density at radius 3 is 2.45 bits per heavy atom. The first-order chi connectivity index (χ1) is 9.74. The first-order valence-corrected chi connectivity index (χ1v) is 6.63. The third kappa shape index (κ3) is 3.35. The lowest BCUT2D eigenvalue weighted by Gasteiger charge is -2.11. The zero-order valence-electron chi connectivity index (χ0n) is 11.6. The molecule has 2 rings (SSSR count). The molecule has 0 atom stereocenters. The summed E-state index contributed by atoms with van der Waals surface area (Å²) in [5.74, 6) is 1.91. The average Bonchev–Trinajstić information content (AvgIpc) is 2.49. The van der Waals surface area contributed by atoms with Gasteiger partial charge >= 0.3 is 0 Å². The lowest BCUT2D eigenvalue weighted by molar-refractivity contribution is 0.0983. The monoisotopic (exact) mass is 271 g/mol. The van der Waals surface area contributed by atoms with E-state index in [1.54, 1.807) is 18.3 Å². The fourth-order valence-electron chi connectivity index (χ4n) is 1.72. The molecular weight excluding hydrogens is 254 g/mol. The minimum absolute atomic E-state index is 0.0197. The Labute approximate surface area is 118 Å². The molecule has 0 N–H and O–H groups in total. The molecule has 0 unspecified atom stereocenters. The van der Waals surface area contributed by atoms with E-state index in [9.17, 15) is 4.79 Å². The van der Waals surface area contributed by atoms with Gasteiger partial charge in [-0.15, -0.1) is 0 Å². The quantitative estimate of drug-likeness (QED) is 0.748. The molecule has 0 radical (unpaired) electrons. The van der Waals surface area contributed by atoms with E-state index in [2.05, 4.69) is 4.98 Å². The van der Waals surface area contributed by atoms with Crippen LogP contribution < -0.4 is 9.47 Å². The number of para-hydroxylation sites is 2. The minimum atomic E-state index is 0.0197. The molecule has 20 heavy (non-hydrogen) atoms. The van der Waals surface area contributed by atoms with Crippen LogP contribution in [0.1, 0.15) is 30.8 Å². The van der Waals surface area contributed by atoms with E-state index < -0.39 is 0 Å². The van der Waals surface area contributed by atoms with Crippen molar-refractivity contribution in [3.63, 3.8) is 0 Å². The fraction of sp³-hybridized carbons (Fsp3) is 0.250. The predicted octanol–water partition coefficient (Wildman–Crippen LogP) is 3.87. The second-order valence-corrected chi connectivity index (χ2v) is 4.14. The van der Waals surface area contributed by atoms with Crippen LogP contribution in [-0.2, 0) is 0 Å². The molecule has 1 aromatic heterocycles. The molecule has 2 aromatic rings. The summed E-state index contributed by atoms with van der Waals surface area (Å²) < 4.78 is 11.2. The number of pyridine rings is 1. The standard InChI is InChI=1S/C16H17NO3/c1-3-14(18)13-10-9-12(11-17-13)20-16-8-6-5-7-15(16)19-4-2/h5-11H,3-4H2,1-2H3. The van der Waals surface area contributed by atoms with Gasteiger partial charge in [0, 0.05) is 6.42 Å². The summed E-state index contributed by atoms with van der Waals surface area (Å²) in [6.07, 6.45) is 1.99. The number of carbonyl (C=O) groups excluding carboxylic acids is 1. The first kappa shape index (κ1) is 14.1. The number of hydrogen-bond donors (Lipinski definition) is 0. The molecule has 0 aliphatic rings. The highest BCUT2D eigenvalue weighted by molar-refractivity contribution is 5.93. The molecule has 1 aromatic carbocycles. The highest BCUT2D eigenvalue weighted by atomic mass is 16.5. The zero-order chi connectivity index (χ0) is 14.4. The van der Waals surface area contributed by atoms with E-state index in [1.165, 1.54) is 0 Å². The van der Waals surface area contributed by atoms with Crippen molar-refractivity contribution in [3.05, 3.63) is 48.3 Å². The third-order valence-electron chi connectivity index (χ3n) is 2.72. The first-order valence-electron chi connectivity index (χ1n) is 6.63. The number of hydrogen-bond acceptors (Lipinski definition) is 4. The Balaban J connectivity index is 2.16. The van der Waals surface area contributed by atoms with Gasteiger partial charge in [0.2, 0.25) is 0 Å². The number of aromatic nitrogens is 1. The second-order valence-electron chi connectivity index (χ2n) is 4.14. The molecular formula is C16H17NO3. The number of nitrogens with zero attached hydrogens (tertiary/aromatic N) is 1. The zero-order valence-corrected chi connectivity index (χ0v) is 11.6. The molecule has 4 nitrogen and oxygen atoms in total. The molecule has 1 heterocycles. The smallest absolute Gasteiger partial charge is 0.180 e. The van der Waals surface area contributed by atoms with Gasteiger partial charge in [-0.3, -0.25) is 4.79 Å². The summed E-state index contributed by atoms with van der Waals surface area (Å²) in [5.41, 5.74) is 0.456. The van der Waals surface area contributed by atoms with Gasteiger partial charge in [-0.25, -0.2) is 4.98 Å². The maximum atomic E-state index is 11.5. The molecule has 0 saturated carbocycles. The molecule has 4 heteroatoms. The van der Waals surface area contributed by atoms with E-state index in [1.807, 2.05) is 38.1 Å². The van der Waals surface area contributed by atoms with Crippen molar-refractivity contribution < 1.29 is 14.3 Å². The fourth-order valence-corrected chi connectivity index (χ4v) is 1.72. The van der Waals surface area contributed by atoms with Gasteiger partial charge in [-0.05, 0) is 31.2 Å². The number of benzene rings is 1. The van der Waals surface area contributed by atoms with Gasteiger partial charge in [0.1, 0.15) is 11.4 Å². The summed E-state index contributed by atoms with van der Waals surface area (Å²) in [7, 11) is 0. The molecule has 0 aliphatic carbocycles. The van der Waals surface area contributed by atoms with Crippen LogP contribution in [-0.4, -0.2) is 17.4 Å². The van der Waals surface area contributed by atoms with Crippen LogP contribution in [0.15, 0.2) is 42.6 Å². The summed E-state index contributed by atoms with van der Waals surface area (Å²) in [4.78, 5) is 15.6. The van der Waals surface area contributed by atoms with E-state index in [0.717, 1.165) is 0 Å². The van der Waals surface area contributed by atoms with Crippen LogP contribution >= 0.6 is 0 Å². The maximum absolute atomic E-state index is 11.5. The van der Waals surface area contributed by atoms with Gasteiger partial charge in [-0.2, -0.15) is 0 Å². The van der Waals surface area contributed by atoms with Gasteiger partial charge in [0.15, 0.2) is 17.3 Å². The SMILES string of the molecule is CCOc1ccccc1Oc1ccc(C(=O)CC)nc1.